The van der Waals surface area contributed by atoms with Gasteiger partial charge in [0.05, 0.1) is 12.0 Å². The lowest BCUT2D eigenvalue weighted by Crippen LogP contribution is -2.55. The lowest BCUT2D eigenvalue weighted by Gasteiger charge is -2.47. The third kappa shape index (κ3) is 4.75. The van der Waals surface area contributed by atoms with Crippen molar-refractivity contribution >= 4 is 29.2 Å². The van der Waals surface area contributed by atoms with Gasteiger partial charge in [0.15, 0.2) is 0 Å². The van der Waals surface area contributed by atoms with Crippen molar-refractivity contribution in [3.8, 4) is 5.75 Å². The van der Waals surface area contributed by atoms with E-state index in [0.717, 1.165) is 11.1 Å². The van der Waals surface area contributed by atoms with E-state index in [4.69, 9.17) is 21.4 Å². The number of benzene rings is 3. The molecule has 0 aromatic heterocycles. The number of ether oxygens (including phenoxy) is 1. The first kappa shape index (κ1) is 21.8. The first-order valence-corrected chi connectivity index (χ1v) is 10.6. The van der Waals surface area contributed by atoms with Gasteiger partial charge in [-0.05, 0) is 66.1 Å². The van der Waals surface area contributed by atoms with Crippen molar-refractivity contribution in [2.75, 3.05) is 4.90 Å². The zero-order chi connectivity index (χ0) is 22.7. The number of hydrogen-bond acceptors (Lipinski definition) is 3. The minimum absolute atomic E-state index is 0.0908. The molecular weight excluding hydrogens is 433 g/mol. The van der Waals surface area contributed by atoms with Gasteiger partial charge in [-0.2, -0.15) is 0 Å². The Hall–Kier alpha value is -3.38. The Labute approximate surface area is 190 Å². The van der Waals surface area contributed by atoms with Gasteiger partial charge in [0.25, 0.3) is 0 Å². The molecule has 7 heteroatoms. The SMILES string of the molecule is O=C(O)CCC1C(=O)N(c2ccc(F)cc2)C1c1ccc(OCc2ccc(Cl)cc2)cc1. The Morgan fingerprint density at radius 3 is 2.28 bits per heavy atom. The minimum Gasteiger partial charge on any atom is -0.489 e. The number of carbonyl (C=O) groups excluding carboxylic acids is 1. The first-order valence-electron chi connectivity index (χ1n) is 10.2. The summed E-state index contributed by atoms with van der Waals surface area (Å²) in [6.07, 6.45) is 0.151. The average molecular weight is 454 g/mol. The third-order valence-electron chi connectivity index (χ3n) is 5.53. The van der Waals surface area contributed by atoms with E-state index in [2.05, 4.69) is 0 Å². The smallest absolute Gasteiger partial charge is 0.303 e. The maximum Gasteiger partial charge on any atom is 0.303 e. The Morgan fingerprint density at radius 1 is 1.00 bits per heavy atom. The van der Waals surface area contributed by atoms with Crippen LogP contribution in [0.25, 0.3) is 0 Å². The Balaban J connectivity index is 1.51. The minimum atomic E-state index is -0.942. The van der Waals surface area contributed by atoms with Crippen LogP contribution in [0.3, 0.4) is 0 Å². The largest absolute Gasteiger partial charge is 0.489 e. The summed E-state index contributed by atoms with van der Waals surface area (Å²) in [4.78, 5) is 25.4. The number of carboxylic acid groups (broad SMARTS) is 1. The fourth-order valence-electron chi connectivity index (χ4n) is 3.89. The summed E-state index contributed by atoms with van der Waals surface area (Å²) in [7, 11) is 0. The van der Waals surface area contributed by atoms with Gasteiger partial charge < -0.3 is 14.7 Å². The summed E-state index contributed by atoms with van der Waals surface area (Å²) >= 11 is 5.90. The molecule has 3 aromatic rings. The van der Waals surface area contributed by atoms with Gasteiger partial charge in [0.2, 0.25) is 5.91 Å². The molecule has 1 fully saturated rings. The average Bonchev–Trinajstić information content (AvgIpc) is 2.78. The highest BCUT2D eigenvalue weighted by atomic mass is 35.5. The van der Waals surface area contributed by atoms with E-state index in [-0.39, 0.29) is 30.6 Å². The Morgan fingerprint density at radius 2 is 1.66 bits per heavy atom. The van der Waals surface area contributed by atoms with Crippen LogP contribution in [0.5, 0.6) is 5.75 Å². The number of hydrogen-bond donors (Lipinski definition) is 1. The van der Waals surface area contributed by atoms with E-state index in [9.17, 15) is 14.0 Å². The predicted molar refractivity (Wildman–Crippen MR) is 119 cm³/mol. The van der Waals surface area contributed by atoms with E-state index in [0.29, 0.717) is 23.1 Å². The molecule has 1 saturated heterocycles. The molecule has 3 aromatic carbocycles. The predicted octanol–water partition coefficient (Wildman–Crippen LogP) is 5.63. The van der Waals surface area contributed by atoms with Crippen LogP contribution in [0.15, 0.2) is 72.8 Å². The molecule has 0 aliphatic carbocycles. The van der Waals surface area contributed by atoms with Crippen molar-refractivity contribution in [3.63, 3.8) is 0 Å². The number of rotatable bonds is 8. The summed E-state index contributed by atoms with van der Waals surface area (Å²) in [5, 5.41) is 9.72. The maximum absolute atomic E-state index is 13.3. The second-order valence-electron chi connectivity index (χ2n) is 7.65. The van der Waals surface area contributed by atoms with E-state index < -0.39 is 11.9 Å². The molecule has 2 unspecified atom stereocenters. The molecule has 1 heterocycles. The molecule has 4 rings (SSSR count). The van der Waals surface area contributed by atoms with Crippen LogP contribution in [0.4, 0.5) is 10.1 Å². The summed E-state index contributed by atoms with van der Waals surface area (Å²) < 4.78 is 19.2. The number of halogens is 2. The highest BCUT2D eigenvalue weighted by molar-refractivity contribution is 6.30. The number of nitrogens with zero attached hydrogens (tertiary/aromatic N) is 1. The molecule has 1 aliphatic heterocycles. The maximum atomic E-state index is 13.3. The van der Waals surface area contributed by atoms with Crippen LogP contribution >= 0.6 is 11.6 Å². The summed E-state index contributed by atoms with van der Waals surface area (Å²) in [5.74, 6) is -1.27. The number of carboxylic acids is 1. The molecule has 1 N–H and O–H groups in total. The van der Waals surface area contributed by atoms with E-state index in [1.165, 1.54) is 12.1 Å². The standard InChI is InChI=1S/C25H21ClFNO4/c26-18-5-1-16(2-6-18)15-32-21-11-3-17(4-12-21)24-22(13-14-23(29)30)25(31)28(24)20-9-7-19(27)8-10-20/h1-12,22,24H,13-15H2,(H,29,30). The molecule has 0 saturated carbocycles. The molecule has 0 spiro atoms. The van der Waals surface area contributed by atoms with E-state index in [1.54, 1.807) is 29.2 Å². The van der Waals surface area contributed by atoms with Crippen molar-refractivity contribution in [1.82, 2.24) is 0 Å². The molecule has 0 radical (unpaired) electrons. The fourth-order valence-corrected chi connectivity index (χ4v) is 4.01. The highest BCUT2D eigenvalue weighted by Crippen LogP contribution is 2.45. The molecule has 5 nitrogen and oxygen atoms in total. The second-order valence-corrected chi connectivity index (χ2v) is 8.09. The molecule has 164 valence electrons. The van der Waals surface area contributed by atoms with Gasteiger partial charge in [-0.15, -0.1) is 0 Å². The zero-order valence-electron chi connectivity index (χ0n) is 17.1. The second kappa shape index (κ2) is 9.40. The van der Waals surface area contributed by atoms with Crippen molar-refractivity contribution < 1.29 is 23.8 Å². The highest BCUT2D eigenvalue weighted by Gasteiger charge is 2.48. The molecule has 1 amide bonds. The van der Waals surface area contributed by atoms with Gasteiger partial charge in [-0.3, -0.25) is 9.59 Å². The topological polar surface area (TPSA) is 66.8 Å². The van der Waals surface area contributed by atoms with E-state index >= 15 is 0 Å². The van der Waals surface area contributed by atoms with Gasteiger partial charge in [0.1, 0.15) is 18.2 Å². The van der Waals surface area contributed by atoms with E-state index in [1.807, 2.05) is 36.4 Å². The summed E-state index contributed by atoms with van der Waals surface area (Å²) in [6.45, 7) is 0.390. The number of amides is 1. The van der Waals surface area contributed by atoms with Crippen LogP contribution in [0.1, 0.15) is 30.0 Å². The summed E-state index contributed by atoms with van der Waals surface area (Å²) in [6, 6.07) is 20.2. The van der Waals surface area contributed by atoms with Crippen molar-refractivity contribution in [3.05, 3.63) is 94.8 Å². The van der Waals surface area contributed by atoms with Gasteiger partial charge in [-0.1, -0.05) is 35.9 Å². The number of aliphatic carboxylic acids is 1. The molecule has 1 aliphatic rings. The molecular formula is C25H21ClFNO4. The van der Waals surface area contributed by atoms with Crippen LogP contribution in [-0.2, 0) is 16.2 Å². The molecule has 0 bridgehead atoms. The van der Waals surface area contributed by atoms with Crippen molar-refractivity contribution in [2.45, 2.75) is 25.5 Å². The monoisotopic (exact) mass is 453 g/mol. The molecule has 2 atom stereocenters. The van der Waals surface area contributed by atoms with Crippen molar-refractivity contribution in [2.24, 2.45) is 5.92 Å². The van der Waals surface area contributed by atoms with Crippen LogP contribution in [0, 0.1) is 11.7 Å². The third-order valence-corrected chi connectivity index (χ3v) is 5.78. The lowest BCUT2D eigenvalue weighted by molar-refractivity contribution is -0.138. The first-order chi connectivity index (χ1) is 15.4. The normalized spacial score (nSPS) is 17.7. The van der Waals surface area contributed by atoms with Crippen molar-refractivity contribution in [1.29, 1.82) is 0 Å². The number of anilines is 1. The number of β-lactam (4-membered cyclic amide) rings is 1. The van der Waals surface area contributed by atoms with Gasteiger partial charge >= 0.3 is 5.97 Å². The number of carbonyl (C=O) groups is 2. The van der Waals surface area contributed by atoms with Crippen LogP contribution < -0.4 is 9.64 Å². The lowest BCUT2D eigenvalue weighted by atomic mass is 9.79. The fraction of sp³-hybridized carbons (Fsp3) is 0.200. The zero-order valence-corrected chi connectivity index (χ0v) is 17.8. The molecule has 32 heavy (non-hydrogen) atoms. The summed E-state index contributed by atoms with van der Waals surface area (Å²) in [5.41, 5.74) is 2.43. The quantitative estimate of drug-likeness (QED) is 0.449. The van der Waals surface area contributed by atoms with Crippen LogP contribution in [-0.4, -0.2) is 17.0 Å². The van der Waals surface area contributed by atoms with Crippen LogP contribution in [0.2, 0.25) is 5.02 Å². The Bertz CT molecular complexity index is 1100. The Kier molecular flexibility index (Phi) is 6.42. The van der Waals surface area contributed by atoms with Gasteiger partial charge in [0, 0.05) is 17.1 Å². The van der Waals surface area contributed by atoms with Gasteiger partial charge in [-0.25, -0.2) is 4.39 Å².